The second kappa shape index (κ2) is 8.30. The molecule has 0 saturated heterocycles. The summed E-state index contributed by atoms with van der Waals surface area (Å²) in [4.78, 5) is 22.5. The molecule has 2 aromatic carbocycles. The Balaban J connectivity index is 1.72. The molecule has 3 heterocycles. The van der Waals surface area contributed by atoms with E-state index in [-0.39, 0.29) is 17.0 Å². The van der Waals surface area contributed by atoms with Gasteiger partial charge in [-0.05, 0) is 61.0 Å². The predicted octanol–water partition coefficient (Wildman–Crippen LogP) is 5.61. The average Bonchev–Trinajstić information content (AvgIpc) is 3.25. The number of fused-ring (bicyclic) bond motifs is 2. The van der Waals surface area contributed by atoms with E-state index in [0.717, 1.165) is 15.8 Å². The van der Waals surface area contributed by atoms with E-state index in [4.69, 9.17) is 4.74 Å². The first-order valence-electron chi connectivity index (χ1n) is 9.96. The highest BCUT2D eigenvalue weighted by molar-refractivity contribution is 7.19. The molecule has 0 aliphatic heterocycles. The number of rotatable bonds is 4. The molecule has 0 atom stereocenters. The number of nitriles is 1. The number of hydrogen-bond acceptors (Lipinski definition) is 6. The molecule has 8 heteroatoms. The molecule has 0 aliphatic carbocycles. The number of pyridine rings is 1. The van der Waals surface area contributed by atoms with Gasteiger partial charge in [0, 0.05) is 6.20 Å². The number of aromatic nitrogens is 3. The highest BCUT2D eigenvalue weighted by atomic mass is 32.1. The molecule has 0 radical (unpaired) electrons. The number of thiazole rings is 1. The number of ether oxygens (including phenoxy) is 1. The van der Waals surface area contributed by atoms with Gasteiger partial charge in [0.2, 0.25) is 5.88 Å². The van der Waals surface area contributed by atoms with Gasteiger partial charge in [-0.2, -0.15) is 10.2 Å². The summed E-state index contributed by atoms with van der Waals surface area (Å²) < 4.78 is 21.6. The Morgan fingerprint density at radius 1 is 1.12 bits per heavy atom. The minimum absolute atomic E-state index is 0.0229. The van der Waals surface area contributed by atoms with Gasteiger partial charge in [0.05, 0.1) is 15.8 Å². The van der Waals surface area contributed by atoms with Crippen LogP contribution in [0.3, 0.4) is 0 Å². The lowest BCUT2D eigenvalue weighted by Gasteiger charge is -2.11. The first-order chi connectivity index (χ1) is 16.0. The predicted molar refractivity (Wildman–Crippen MR) is 126 cm³/mol. The molecule has 0 aliphatic rings. The number of hydrogen-bond donors (Lipinski definition) is 0. The molecule has 33 heavy (non-hydrogen) atoms. The summed E-state index contributed by atoms with van der Waals surface area (Å²) in [5.74, 6) is -0.0726. The molecule has 0 amide bonds. The van der Waals surface area contributed by atoms with Crippen molar-refractivity contribution in [1.82, 2.24) is 14.4 Å². The molecule has 0 bridgehead atoms. The average molecular weight is 454 g/mol. The van der Waals surface area contributed by atoms with Crippen LogP contribution in [-0.2, 0) is 0 Å². The molecule has 0 fully saturated rings. The number of allylic oxidation sites excluding steroid dienone is 1. The first kappa shape index (κ1) is 20.5. The van der Waals surface area contributed by atoms with Crippen LogP contribution >= 0.6 is 11.3 Å². The molecule has 3 aromatic heterocycles. The largest absolute Gasteiger partial charge is 0.438 e. The lowest BCUT2D eigenvalue weighted by molar-refractivity contribution is 0.459. The van der Waals surface area contributed by atoms with Gasteiger partial charge in [-0.1, -0.05) is 18.2 Å². The second-order valence-electron chi connectivity index (χ2n) is 7.23. The van der Waals surface area contributed by atoms with Crippen molar-refractivity contribution in [2.75, 3.05) is 0 Å². The van der Waals surface area contributed by atoms with E-state index in [9.17, 15) is 14.4 Å². The highest BCUT2D eigenvalue weighted by Gasteiger charge is 2.17. The number of para-hydroxylation sites is 1. The maximum atomic E-state index is 13.4. The minimum atomic E-state index is -0.410. The van der Waals surface area contributed by atoms with E-state index in [2.05, 4.69) is 16.0 Å². The molecular formula is C25H15FN4O2S. The Labute approximate surface area is 191 Å². The standard InChI is InChI=1S/C25H15FN4O2S/c1-15-5-4-12-30-22(15)29-23(32-18-10-8-17(26)9-11-18)19(25(30)31)13-16(14-27)24-28-20-6-2-3-7-21(20)33-24/h2-13H,1H3/b16-13+. The van der Waals surface area contributed by atoms with Gasteiger partial charge >= 0.3 is 0 Å². The van der Waals surface area contributed by atoms with Gasteiger partial charge < -0.3 is 4.74 Å². The van der Waals surface area contributed by atoms with Crippen molar-refractivity contribution in [2.45, 2.75) is 6.92 Å². The Kier molecular flexibility index (Phi) is 5.17. The molecule has 0 saturated carbocycles. The zero-order chi connectivity index (χ0) is 22.9. The molecule has 0 N–H and O–H groups in total. The monoisotopic (exact) mass is 454 g/mol. The third-order valence-electron chi connectivity index (χ3n) is 5.01. The fourth-order valence-corrected chi connectivity index (χ4v) is 4.31. The molecular weight excluding hydrogens is 439 g/mol. The van der Waals surface area contributed by atoms with Crippen molar-refractivity contribution in [3.63, 3.8) is 0 Å². The zero-order valence-corrected chi connectivity index (χ0v) is 18.1. The van der Waals surface area contributed by atoms with Crippen molar-refractivity contribution in [3.05, 3.63) is 99.2 Å². The van der Waals surface area contributed by atoms with Crippen LogP contribution in [-0.4, -0.2) is 14.4 Å². The second-order valence-corrected chi connectivity index (χ2v) is 8.26. The number of nitrogens with zero attached hydrogens (tertiary/aromatic N) is 4. The van der Waals surface area contributed by atoms with Crippen LogP contribution in [0.15, 0.2) is 71.7 Å². The van der Waals surface area contributed by atoms with Gasteiger partial charge in [-0.15, -0.1) is 11.3 Å². The van der Waals surface area contributed by atoms with Crippen LogP contribution in [0.5, 0.6) is 11.6 Å². The topological polar surface area (TPSA) is 80.3 Å². The lowest BCUT2D eigenvalue weighted by atomic mass is 10.2. The quantitative estimate of drug-likeness (QED) is 0.330. The molecule has 0 unspecified atom stereocenters. The summed E-state index contributed by atoms with van der Waals surface area (Å²) in [7, 11) is 0. The third-order valence-corrected chi connectivity index (χ3v) is 6.08. The number of halogens is 1. The van der Waals surface area contributed by atoms with Crippen molar-refractivity contribution in [3.8, 4) is 17.7 Å². The van der Waals surface area contributed by atoms with E-state index in [1.807, 2.05) is 37.3 Å². The number of benzene rings is 2. The molecule has 5 rings (SSSR count). The van der Waals surface area contributed by atoms with Crippen molar-refractivity contribution >= 4 is 38.8 Å². The smallest absolute Gasteiger partial charge is 0.269 e. The molecule has 5 aromatic rings. The van der Waals surface area contributed by atoms with Gasteiger partial charge in [0.1, 0.15) is 33.9 Å². The third kappa shape index (κ3) is 3.86. The van der Waals surface area contributed by atoms with Gasteiger partial charge in [-0.25, -0.2) is 9.37 Å². The van der Waals surface area contributed by atoms with Crippen LogP contribution in [0.2, 0.25) is 0 Å². The Hall–Kier alpha value is -4.35. The number of aryl methyl sites for hydroxylation is 1. The molecule has 160 valence electrons. The summed E-state index contributed by atoms with van der Waals surface area (Å²) >= 11 is 1.36. The Bertz CT molecular complexity index is 1610. The highest BCUT2D eigenvalue weighted by Crippen LogP contribution is 2.30. The van der Waals surface area contributed by atoms with Gasteiger partial charge in [0.25, 0.3) is 5.56 Å². The van der Waals surface area contributed by atoms with Crippen molar-refractivity contribution < 1.29 is 9.13 Å². The van der Waals surface area contributed by atoms with Crippen LogP contribution in [0, 0.1) is 24.1 Å². The normalized spacial score (nSPS) is 11.6. The van der Waals surface area contributed by atoms with E-state index in [1.165, 1.54) is 46.1 Å². The van der Waals surface area contributed by atoms with Crippen LogP contribution in [0.4, 0.5) is 4.39 Å². The van der Waals surface area contributed by atoms with Crippen molar-refractivity contribution in [2.24, 2.45) is 0 Å². The van der Waals surface area contributed by atoms with Crippen LogP contribution in [0.1, 0.15) is 16.1 Å². The van der Waals surface area contributed by atoms with E-state index in [1.54, 1.807) is 12.3 Å². The van der Waals surface area contributed by atoms with Gasteiger partial charge in [-0.3, -0.25) is 9.20 Å². The van der Waals surface area contributed by atoms with E-state index < -0.39 is 11.4 Å². The minimum Gasteiger partial charge on any atom is -0.438 e. The Morgan fingerprint density at radius 2 is 1.91 bits per heavy atom. The summed E-state index contributed by atoms with van der Waals surface area (Å²) in [6.07, 6.45) is 3.06. The zero-order valence-electron chi connectivity index (χ0n) is 17.3. The maximum absolute atomic E-state index is 13.4. The fraction of sp³-hybridized carbons (Fsp3) is 0.0400. The summed E-state index contributed by atoms with van der Waals surface area (Å²) in [5, 5.41) is 10.3. The SMILES string of the molecule is Cc1cccn2c(=O)c(/C=C(\C#N)c3nc4ccccc4s3)c(Oc3ccc(F)cc3)nc12. The van der Waals surface area contributed by atoms with Crippen LogP contribution < -0.4 is 10.3 Å². The molecule has 6 nitrogen and oxygen atoms in total. The summed E-state index contributed by atoms with van der Waals surface area (Å²) in [6.45, 7) is 1.83. The first-order valence-corrected chi connectivity index (χ1v) is 10.8. The lowest BCUT2D eigenvalue weighted by Crippen LogP contribution is -2.19. The Morgan fingerprint density at radius 3 is 2.67 bits per heavy atom. The molecule has 0 spiro atoms. The van der Waals surface area contributed by atoms with Gasteiger partial charge in [0.15, 0.2) is 0 Å². The fourth-order valence-electron chi connectivity index (χ4n) is 3.38. The summed E-state index contributed by atoms with van der Waals surface area (Å²) in [5.41, 5.74) is 1.89. The maximum Gasteiger partial charge on any atom is 0.269 e. The van der Waals surface area contributed by atoms with E-state index in [0.29, 0.717) is 16.4 Å². The van der Waals surface area contributed by atoms with Crippen molar-refractivity contribution in [1.29, 1.82) is 5.26 Å². The summed E-state index contributed by atoms with van der Waals surface area (Å²) in [6, 6.07) is 18.7. The van der Waals surface area contributed by atoms with Crippen LogP contribution in [0.25, 0.3) is 27.5 Å². The van der Waals surface area contributed by atoms with E-state index >= 15 is 0 Å².